The summed E-state index contributed by atoms with van der Waals surface area (Å²) in [5.74, 6) is -1.95. The van der Waals surface area contributed by atoms with Crippen LogP contribution >= 0.6 is 15.9 Å². The molecule has 8 heteroatoms. The molecule has 0 saturated heterocycles. The summed E-state index contributed by atoms with van der Waals surface area (Å²) in [5.41, 5.74) is -0.105. The summed E-state index contributed by atoms with van der Waals surface area (Å²) in [5, 5.41) is 0. The number of benzene rings is 1. The third-order valence-electron chi connectivity index (χ3n) is 3.66. The lowest BCUT2D eigenvalue weighted by Gasteiger charge is -2.16. The van der Waals surface area contributed by atoms with Gasteiger partial charge in [-0.3, -0.25) is 0 Å². The fraction of sp³-hybridized carbons (Fsp3) is 0.538. The van der Waals surface area contributed by atoms with Crippen molar-refractivity contribution in [3.63, 3.8) is 0 Å². The number of sulfonamides is 1. The molecule has 1 aliphatic rings. The molecule has 0 spiro atoms. The Morgan fingerprint density at radius 1 is 1.38 bits per heavy atom. The van der Waals surface area contributed by atoms with Crippen molar-refractivity contribution in [2.75, 3.05) is 20.3 Å². The zero-order chi connectivity index (χ0) is 15.7. The van der Waals surface area contributed by atoms with Crippen LogP contribution in [0.2, 0.25) is 0 Å². The van der Waals surface area contributed by atoms with Gasteiger partial charge >= 0.3 is 0 Å². The fourth-order valence-electron chi connectivity index (χ4n) is 2.12. The molecule has 0 amide bonds. The molecular formula is C13H16BrF2NO3S. The number of rotatable bonds is 7. The highest BCUT2D eigenvalue weighted by Crippen LogP contribution is 2.48. The molecule has 1 aliphatic carbocycles. The highest BCUT2D eigenvalue weighted by Gasteiger charge is 2.43. The van der Waals surface area contributed by atoms with E-state index in [2.05, 4.69) is 20.7 Å². The zero-order valence-electron chi connectivity index (χ0n) is 11.5. The maximum Gasteiger partial charge on any atom is 0.244 e. The Morgan fingerprint density at radius 3 is 2.57 bits per heavy atom. The van der Waals surface area contributed by atoms with Gasteiger partial charge in [-0.25, -0.2) is 21.9 Å². The summed E-state index contributed by atoms with van der Waals surface area (Å²) in [6.07, 6.45) is 2.57. The van der Waals surface area contributed by atoms with E-state index in [1.807, 2.05) is 0 Å². The largest absolute Gasteiger partial charge is 0.385 e. The SMILES string of the molecule is COCCC1(CNS(=O)(=O)c2c(F)cc(F)cc2Br)CC1. The molecule has 0 bridgehead atoms. The normalized spacial score (nSPS) is 17.0. The molecule has 0 radical (unpaired) electrons. The summed E-state index contributed by atoms with van der Waals surface area (Å²) in [6.45, 7) is 0.776. The van der Waals surface area contributed by atoms with Crippen LogP contribution in [0.15, 0.2) is 21.5 Å². The summed E-state index contributed by atoms with van der Waals surface area (Å²) in [7, 11) is -2.45. The van der Waals surface area contributed by atoms with Crippen molar-refractivity contribution in [3.8, 4) is 0 Å². The summed E-state index contributed by atoms with van der Waals surface area (Å²) in [4.78, 5) is -0.563. The van der Waals surface area contributed by atoms with Gasteiger partial charge in [-0.05, 0) is 46.7 Å². The lowest BCUT2D eigenvalue weighted by Crippen LogP contribution is -2.31. The van der Waals surface area contributed by atoms with Crippen molar-refractivity contribution in [1.29, 1.82) is 0 Å². The van der Waals surface area contributed by atoms with Gasteiger partial charge in [0, 0.05) is 30.8 Å². The zero-order valence-corrected chi connectivity index (χ0v) is 13.9. The van der Waals surface area contributed by atoms with Crippen molar-refractivity contribution in [2.24, 2.45) is 5.41 Å². The molecule has 1 aromatic carbocycles. The molecule has 1 aromatic rings. The van der Waals surface area contributed by atoms with Gasteiger partial charge in [0.2, 0.25) is 10.0 Å². The van der Waals surface area contributed by atoms with Crippen LogP contribution in [0.3, 0.4) is 0 Å². The number of hydrogen-bond acceptors (Lipinski definition) is 3. The van der Waals surface area contributed by atoms with E-state index in [1.54, 1.807) is 7.11 Å². The maximum atomic E-state index is 13.7. The predicted octanol–water partition coefficient (Wildman–Crippen LogP) is 2.82. The monoisotopic (exact) mass is 383 g/mol. The second kappa shape index (κ2) is 6.28. The lowest BCUT2D eigenvalue weighted by molar-refractivity contribution is 0.173. The van der Waals surface area contributed by atoms with E-state index in [0.29, 0.717) is 12.7 Å². The van der Waals surface area contributed by atoms with Crippen LogP contribution in [0, 0.1) is 17.0 Å². The first-order valence-corrected chi connectivity index (χ1v) is 8.70. The van der Waals surface area contributed by atoms with E-state index in [9.17, 15) is 17.2 Å². The highest BCUT2D eigenvalue weighted by molar-refractivity contribution is 9.10. The van der Waals surface area contributed by atoms with Crippen molar-refractivity contribution in [2.45, 2.75) is 24.2 Å². The van der Waals surface area contributed by atoms with Crippen LogP contribution in [0.4, 0.5) is 8.78 Å². The number of hydrogen-bond donors (Lipinski definition) is 1. The molecule has 0 aliphatic heterocycles. The summed E-state index contributed by atoms with van der Waals surface area (Å²) < 4.78 is 58.4. The van der Waals surface area contributed by atoms with Gasteiger partial charge in [0.25, 0.3) is 0 Å². The minimum atomic E-state index is -4.04. The van der Waals surface area contributed by atoms with Crippen molar-refractivity contribution in [1.82, 2.24) is 4.72 Å². The summed E-state index contributed by atoms with van der Waals surface area (Å²) in [6, 6.07) is 1.48. The van der Waals surface area contributed by atoms with Crippen LogP contribution in [-0.2, 0) is 14.8 Å². The third kappa shape index (κ3) is 4.00. The third-order valence-corrected chi connectivity index (χ3v) is 6.03. The Kier molecular flexibility index (Phi) is 5.02. The molecule has 118 valence electrons. The van der Waals surface area contributed by atoms with Gasteiger partial charge in [-0.1, -0.05) is 0 Å². The Morgan fingerprint density at radius 2 is 2.05 bits per heavy atom. The molecule has 1 saturated carbocycles. The van der Waals surface area contributed by atoms with Crippen molar-refractivity contribution >= 4 is 26.0 Å². The minimum Gasteiger partial charge on any atom is -0.385 e. The molecule has 2 rings (SSSR count). The molecule has 0 atom stereocenters. The smallest absolute Gasteiger partial charge is 0.244 e. The Balaban J connectivity index is 2.13. The topological polar surface area (TPSA) is 55.4 Å². The van der Waals surface area contributed by atoms with E-state index in [-0.39, 0.29) is 16.4 Å². The number of methoxy groups -OCH3 is 1. The Bertz CT molecular complexity index is 609. The first-order valence-electron chi connectivity index (χ1n) is 6.43. The van der Waals surface area contributed by atoms with Crippen LogP contribution in [0.1, 0.15) is 19.3 Å². The van der Waals surface area contributed by atoms with E-state index in [0.717, 1.165) is 25.3 Å². The van der Waals surface area contributed by atoms with Crippen molar-refractivity contribution < 1.29 is 21.9 Å². The lowest BCUT2D eigenvalue weighted by atomic mass is 10.0. The molecule has 1 N–H and O–H groups in total. The molecule has 0 aromatic heterocycles. The van der Waals surface area contributed by atoms with Crippen molar-refractivity contribution in [3.05, 3.63) is 28.2 Å². The number of halogens is 3. The molecule has 0 heterocycles. The van der Waals surface area contributed by atoms with E-state index >= 15 is 0 Å². The van der Waals surface area contributed by atoms with E-state index in [4.69, 9.17) is 4.74 Å². The van der Waals surface area contributed by atoms with Gasteiger partial charge in [0.05, 0.1) is 0 Å². The standard InChI is InChI=1S/C13H16BrF2NO3S/c1-20-5-4-13(2-3-13)8-17-21(18,19)12-10(14)6-9(15)7-11(12)16/h6-7,17H,2-5,8H2,1H3. The number of nitrogens with one attached hydrogen (secondary N) is 1. The first-order chi connectivity index (χ1) is 9.80. The average Bonchev–Trinajstić information content (AvgIpc) is 3.13. The molecule has 21 heavy (non-hydrogen) atoms. The van der Waals surface area contributed by atoms with E-state index in [1.165, 1.54) is 0 Å². The minimum absolute atomic E-state index is 0.105. The van der Waals surface area contributed by atoms with E-state index < -0.39 is 26.6 Å². The molecule has 4 nitrogen and oxygen atoms in total. The first kappa shape index (κ1) is 16.8. The van der Waals surface area contributed by atoms with Crippen LogP contribution in [0.25, 0.3) is 0 Å². The Labute approximate surface area is 131 Å². The fourth-order valence-corrected chi connectivity index (χ4v) is 4.44. The van der Waals surface area contributed by atoms with Crippen LogP contribution < -0.4 is 4.72 Å². The summed E-state index contributed by atoms with van der Waals surface area (Å²) >= 11 is 2.89. The molecule has 0 unspecified atom stereocenters. The van der Waals surface area contributed by atoms with Gasteiger partial charge in [-0.15, -0.1) is 0 Å². The second-order valence-corrected chi connectivity index (χ2v) is 7.82. The molecular weight excluding hydrogens is 368 g/mol. The Hall–Kier alpha value is -0.570. The van der Waals surface area contributed by atoms with Crippen LogP contribution in [0.5, 0.6) is 0 Å². The van der Waals surface area contributed by atoms with Gasteiger partial charge in [0.1, 0.15) is 16.5 Å². The van der Waals surface area contributed by atoms with Gasteiger partial charge in [0.15, 0.2) is 0 Å². The van der Waals surface area contributed by atoms with Crippen LogP contribution in [-0.4, -0.2) is 28.7 Å². The second-order valence-electron chi connectivity index (χ2n) is 5.27. The number of ether oxygens (including phenoxy) is 1. The average molecular weight is 384 g/mol. The van der Waals surface area contributed by atoms with Gasteiger partial charge in [-0.2, -0.15) is 0 Å². The predicted molar refractivity (Wildman–Crippen MR) is 77.4 cm³/mol. The van der Waals surface area contributed by atoms with Gasteiger partial charge < -0.3 is 4.74 Å². The highest BCUT2D eigenvalue weighted by atomic mass is 79.9. The molecule has 1 fully saturated rings. The maximum absolute atomic E-state index is 13.7. The quantitative estimate of drug-likeness (QED) is 0.787.